The van der Waals surface area contributed by atoms with Gasteiger partial charge in [0.15, 0.2) is 12.4 Å². The molecule has 0 N–H and O–H groups in total. The second-order valence-electron chi connectivity index (χ2n) is 3.66. The van der Waals surface area contributed by atoms with E-state index in [0.29, 0.717) is 0 Å². The number of hydrogen-bond acceptors (Lipinski definition) is 2. The molecule has 0 aliphatic heterocycles. The molecule has 2 rings (SSSR count). The van der Waals surface area contributed by atoms with Crippen molar-refractivity contribution in [1.29, 1.82) is 0 Å². The Hall–Kier alpha value is -1.83. The largest absolute Gasteiger partial charge is 0.485 e. The van der Waals surface area contributed by atoms with Gasteiger partial charge in [-0.15, -0.1) is 0 Å². The maximum atomic E-state index is 11.7. The van der Waals surface area contributed by atoms with E-state index in [1.54, 1.807) is 0 Å². The van der Waals surface area contributed by atoms with Gasteiger partial charge in [-0.1, -0.05) is 36.4 Å². The highest BCUT2D eigenvalue weighted by Crippen LogP contribution is 2.12. The smallest absolute Gasteiger partial charge is 0.199 e. The number of benzene rings is 1. The Bertz CT molecular complexity index is 416. The molecule has 0 aromatic heterocycles. The first-order chi connectivity index (χ1) is 7.86. The number of carbonyl (C=O) groups excluding carboxylic acids is 1. The average Bonchev–Trinajstić information content (AvgIpc) is 2.38. The summed E-state index contributed by atoms with van der Waals surface area (Å²) in [6.45, 7) is 0.111. The Labute approximate surface area is 95.2 Å². The number of hydrogen-bond donors (Lipinski definition) is 0. The second-order valence-corrected chi connectivity index (χ2v) is 3.66. The van der Waals surface area contributed by atoms with Crippen LogP contribution in [0.5, 0.6) is 5.75 Å². The summed E-state index contributed by atoms with van der Waals surface area (Å²) in [5.41, 5.74) is 0.766. The number of ketones is 1. The van der Waals surface area contributed by atoms with E-state index in [1.165, 1.54) is 0 Å². The quantitative estimate of drug-likeness (QED) is 0.770. The van der Waals surface area contributed by atoms with E-state index in [2.05, 4.69) is 0 Å². The monoisotopic (exact) mass is 214 g/mol. The Balaban J connectivity index is 1.89. The third-order valence-corrected chi connectivity index (χ3v) is 2.43. The van der Waals surface area contributed by atoms with Gasteiger partial charge in [-0.25, -0.2) is 0 Å². The molecule has 0 unspecified atom stereocenters. The van der Waals surface area contributed by atoms with Gasteiger partial charge in [0.05, 0.1) is 0 Å². The standard InChI is InChI=1S/C14H14O2/c15-14(12-7-3-1-4-8-12)11-16-13-9-5-2-6-10-13/h2-3,5-10H,1,4,11H2. The van der Waals surface area contributed by atoms with Crippen LogP contribution in [0.4, 0.5) is 0 Å². The zero-order valence-electron chi connectivity index (χ0n) is 9.06. The van der Waals surface area contributed by atoms with Gasteiger partial charge in [0.25, 0.3) is 0 Å². The Morgan fingerprint density at radius 3 is 2.69 bits per heavy atom. The first-order valence-corrected chi connectivity index (χ1v) is 5.44. The van der Waals surface area contributed by atoms with Crippen LogP contribution in [-0.4, -0.2) is 12.4 Å². The lowest BCUT2D eigenvalue weighted by molar-refractivity contribution is -0.117. The molecule has 0 fully saturated rings. The van der Waals surface area contributed by atoms with Gasteiger partial charge < -0.3 is 4.74 Å². The van der Waals surface area contributed by atoms with Gasteiger partial charge in [0, 0.05) is 5.57 Å². The summed E-state index contributed by atoms with van der Waals surface area (Å²) in [4.78, 5) is 11.7. The minimum absolute atomic E-state index is 0.0415. The minimum atomic E-state index is 0.0415. The molecule has 0 saturated carbocycles. The highest BCUT2D eigenvalue weighted by molar-refractivity contribution is 5.99. The Morgan fingerprint density at radius 1 is 1.19 bits per heavy atom. The summed E-state index contributed by atoms with van der Waals surface area (Å²) in [7, 11) is 0. The van der Waals surface area contributed by atoms with Crippen LogP contribution >= 0.6 is 0 Å². The molecule has 16 heavy (non-hydrogen) atoms. The summed E-state index contributed by atoms with van der Waals surface area (Å²) in [6, 6.07) is 9.39. The molecular weight excluding hydrogens is 200 g/mol. The molecular formula is C14H14O2. The minimum Gasteiger partial charge on any atom is -0.485 e. The van der Waals surface area contributed by atoms with E-state index < -0.39 is 0 Å². The summed E-state index contributed by atoms with van der Waals surface area (Å²) in [5.74, 6) is 0.774. The third-order valence-electron chi connectivity index (χ3n) is 2.43. The fourth-order valence-corrected chi connectivity index (χ4v) is 1.57. The fourth-order valence-electron chi connectivity index (χ4n) is 1.57. The van der Waals surface area contributed by atoms with Gasteiger partial charge in [-0.3, -0.25) is 4.79 Å². The van der Waals surface area contributed by atoms with Crippen molar-refractivity contribution in [2.45, 2.75) is 12.8 Å². The van der Waals surface area contributed by atoms with Gasteiger partial charge >= 0.3 is 0 Å². The Kier molecular flexibility index (Phi) is 3.54. The van der Waals surface area contributed by atoms with Crippen molar-refractivity contribution in [1.82, 2.24) is 0 Å². The lowest BCUT2D eigenvalue weighted by Gasteiger charge is -2.07. The molecule has 1 aliphatic carbocycles. The van der Waals surface area contributed by atoms with Crippen molar-refractivity contribution >= 4 is 5.78 Å². The van der Waals surface area contributed by atoms with Crippen LogP contribution in [0.1, 0.15) is 12.8 Å². The predicted octanol–water partition coefficient (Wildman–Crippen LogP) is 2.91. The number of carbonyl (C=O) groups is 1. The summed E-state index contributed by atoms with van der Waals surface area (Å²) < 4.78 is 5.40. The molecule has 1 aliphatic rings. The topological polar surface area (TPSA) is 26.3 Å². The van der Waals surface area contributed by atoms with E-state index in [-0.39, 0.29) is 12.4 Å². The van der Waals surface area contributed by atoms with Gasteiger partial charge in [0.1, 0.15) is 5.75 Å². The average molecular weight is 214 g/mol. The fraction of sp³-hybridized carbons (Fsp3) is 0.214. The van der Waals surface area contributed by atoms with Crippen LogP contribution in [-0.2, 0) is 4.79 Å². The normalized spacial score (nSPS) is 14.4. The summed E-state index contributed by atoms with van der Waals surface area (Å²) in [6.07, 6.45) is 7.84. The number of allylic oxidation sites excluding steroid dienone is 3. The molecule has 0 heterocycles. The molecule has 0 radical (unpaired) electrons. The van der Waals surface area contributed by atoms with E-state index in [9.17, 15) is 4.79 Å². The van der Waals surface area contributed by atoms with E-state index in [4.69, 9.17) is 4.74 Å². The molecule has 2 heteroatoms. The van der Waals surface area contributed by atoms with E-state index in [1.807, 2.05) is 48.6 Å². The van der Waals surface area contributed by atoms with Crippen molar-refractivity contribution in [3.05, 3.63) is 54.1 Å². The van der Waals surface area contributed by atoms with Gasteiger partial charge in [-0.05, 0) is 25.0 Å². The Morgan fingerprint density at radius 2 is 2.00 bits per heavy atom. The number of para-hydroxylation sites is 1. The highest BCUT2D eigenvalue weighted by atomic mass is 16.5. The molecule has 0 amide bonds. The van der Waals surface area contributed by atoms with Crippen LogP contribution in [0.15, 0.2) is 54.1 Å². The maximum Gasteiger partial charge on any atom is 0.199 e. The van der Waals surface area contributed by atoms with E-state index >= 15 is 0 Å². The lowest BCUT2D eigenvalue weighted by Crippen LogP contribution is -2.13. The van der Waals surface area contributed by atoms with Crippen molar-refractivity contribution in [3.63, 3.8) is 0 Å². The van der Waals surface area contributed by atoms with Gasteiger partial charge in [-0.2, -0.15) is 0 Å². The van der Waals surface area contributed by atoms with Crippen LogP contribution in [0.25, 0.3) is 0 Å². The van der Waals surface area contributed by atoms with Crippen molar-refractivity contribution < 1.29 is 9.53 Å². The molecule has 1 aromatic rings. The molecule has 0 saturated heterocycles. The maximum absolute atomic E-state index is 11.7. The number of rotatable bonds is 4. The molecule has 0 atom stereocenters. The molecule has 1 aromatic carbocycles. The zero-order valence-corrected chi connectivity index (χ0v) is 9.06. The molecule has 2 nitrogen and oxygen atoms in total. The number of ether oxygens (including phenoxy) is 1. The van der Waals surface area contributed by atoms with Crippen molar-refractivity contribution in [2.24, 2.45) is 0 Å². The molecule has 0 spiro atoms. The molecule has 0 bridgehead atoms. The lowest BCUT2D eigenvalue weighted by atomic mass is 10.0. The van der Waals surface area contributed by atoms with E-state index in [0.717, 1.165) is 24.2 Å². The highest BCUT2D eigenvalue weighted by Gasteiger charge is 2.08. The number of Topliss-reactive ketones (excluding diaryl/α,β-unsaturated/α-hetero) is 1. The first kappa shape index (κ1) is 10.7. The van der Waals surface area contributed by atoms with Gasteiger partial charge in [0.2, 0.25) is 0 Å². The molecule has 82 valence electrons. The zero-order chi connectivity index (χ0) is 11.2. The summed E-state index contributed by atoms with van der Waals surface area (Å²) >= 11 is 0. The predicted molar refractivity (Wildman–Crippen MR) is 63.4 cm³/mol. The van der Waals surface area contributed by atoms with Crippen LogP contribution in [0.3, 0.4) is 0 Å². The van der Waals surface area contributed by atoms with Crippen LogP contribution in [0.2, 0.25) is 0 Å². The second kappa shape index (κ2) is 5.31. The SMILES string of the molecule is O=C(COc1ccccc1)C1=CCCC=C1. The van der Waals surface area contributed by atoms with Crippen molar-refractivity contribution in [2.75, 3.05) is 6.61 Å². The van der Waals surface area contributed by atoms with Crippen molar-refractivity contribution in [3.8, 4) is 5.75 Å². The summed E-state index contributed by atoms with van der Waals surface area (Å²) in [5, 5.41) is 0. The van der Waals surface area contributed by atoms with Crippen LogP contribution < -0.4 is 4.74 Å². The third kappa shape index (κ3) is 2.83. The first-order valence-electron chi connectivity index (χ1n) is 5.44. The van der Waals surface area contributed by atoms with Crippen LogP contribution in [0, 0.1) is 0 Å².